The highest BCUT2D eigenvalue weighted by Gasteiger charge is 2.45. The molecule has 0 amide bonds. The second-order valence-corrected chi connectivity index (χ2v) is 13.2. The van der Waals surface area contributed by atoms with Crippen LogP contribution in [0.25, 0.3) is 5.65 Å². The number of fused-ring (bicyclic) bond motifs is 3. The standard InChI is InChI=1S/C30H41N7O2/c1-19-8-9-23(19)39-22-7-5-6-20(14-22)27-33-34-28-25-24(36(4)17-29(2,3)18-38-25)26(35-37(27)28)32-21-15-30(16-21)10-12-31-13-11-30/h5,7,14,20-21,23,31H,1,6,8-13,15-18H2,2-4H3,(H,32,35). The largest absolute Gasteiger partial charge is 0.487 e. The molecule has 7 rings (SSSR count). The van der Waals surface area contributed by atoms with Crippen LogP contribution in [0.15, 0.2) is 36.1 Å². The minimum atomic E-state index is -0.00478. The number of anilines is 2. The first-order valence-electron chi connectivity index (χ1n) is 14.6. The van der Waals surface area contributed by atoms with Gasteiger partial charge in [-0.05, 0) is 81.2 Å². The Morgan fingerprint density at radius 3 is 2.77 bits per heavy atom. The van der Waals surface area contributed by atoms with E-state index in [2.05, 4.69) is 71.4 Å². The monoisotopic (exact) mass is 531 g/mol. The van der Waals surface area contributed by atoms with Crippen LogP contribution >= 0.6 is 0 Å². The first-order valence-corrected chi connectivity index (χ1v) is 14.6. The molecule has 0 bridgehead atoms. The van der Waals surface area contributed by atoms with E-state index in [0.29, 0.717) is 23.7 Å². The van der Waals surface area contributed by atoms with Crippen molar-refractivity contribution in [2.75, 3.05) is 43.5 Å². The van der Waals surface area contributed by atoms with Gasteiger partial charge >= 0.3 is 0 Å². The summed E-state index contributed by atoms with van der Waals surface area (Å²) in [6.45, 7) is 12.3. The van der Waals surface area contributed by atoms with E-state index in [9.17, 15) is 0 Å². The Balaban J connectivity index is 1.24. The van der Waals surface area contributed by atoms with E-state index in [1.165, 1.54) is 31.3 Å². The van der Waals surface area contributed by atoms with Crippen molar-refractivity contribution in [2.45, 2.75) is 76.9 Å². The molecule has 5 aliphatic rings. The molecular weight excluding hydrogens is 490 g/mol. The summed E-state index contributed by atoms with van der Waals surface area (Å²) in [5.41, 5.74) is 3.32. The van der Waals surface area contributed by atoms with Crippen molar-refractivity contribution < 1.29 is 9.47 Å². The molecular formula is C30H41N7O2. The summed E-state index contributed by atoms with van der Waals surface area (Å²) in [5, 5.41) is 21.8. The molecule has 1 spiro atoms. The Bertz CT molecular complexity index is 1340. The molecule has 4 heterocycles. The number of aromatic nitrogens is 4. The highest BCUT2D eigenvalue weighted by Crippen LogP contribution is 2.50. The number of allylic oxidation sites excluding steroid dienone is 3. The fourth-order valence-electron chi connectivity index (χ4n) is 7.07. The molecule has 2 aliphatic heterocycles. The van der Waals surface area contributed by atoms with Gasteiger partial charge in [-0.25, -0.2) is 0 Å². The third-order valence-electron chi connectivity index (χ3n) is 9.36. The van der Waals surface area contributed by atoms with Gasteiger partial charge < -0.3 is 25.0 Å². The van der Waals surface area contributed by atoms with Crippen LogP contribution in [0.1, 0.15) is 70.5 Å². The van der Waals surface area contributed by atoms with E-state index in [1.807, 2.05) is 4.52 Å². The molecule has 9 heteroatoms. The molecule has 3 aliphatic carbocycles. The lowest BCUT2D eigenvalue weighted by atomic mass is 9.60. The zero-order valence-corrected chi connectivity index (χ0v) is 23.5. The summed E-state index contributed by atoms with van der Waals surface area (Å²) in [5.74, 6) is 3.35. The molecule has 2 unspecified atom stereocenters. The highest BCUT2D eigenvalue weighted by atomic mass is 16.5. The topological polar surface area (TPSA) is 88.8 Å². The molecule has 39 heavy (non-hydrogen) atoms. The van der Waals surface area contributed by atoms with Gasteiger partial charge in [0.15, 0.2) is 17.4 Å². The zero-order valence-electron chi connectivity index (χ0n) is 23.5. The maximum atomic E-state index is 6.52. The van der Waals surface area contributed by atoms with Crippen LogP contribution in [0.3, 0.4) is 0 Å². The van der Waals surface area contributed by atoms with Crippen LogP contribution in [0.5, 0.6) is 5.75 Å². The van der Waals surface area contributed by atoms with Gasteiger partial charge in [-0.1, -0.05) is 26.5 Å². The summed E-state index contributed by atoms with van der Waals surface area (Å²) in [6, 6.07) is 0.412. The SMILES string of the molecule is C=C1CCC1OC1=CC(c2nnc3c4c(c(NC5CC6(CCNCC6)C5)nn23)N(C)CC(C)(C)CO4)CC=C1. The fourth-order valence-corrected chi connectivity index (χ4v) is 7.07. The average Bonchev–Trinajstić information content (AvgIpc) is 3.27. The molecule has 9 nitrogen and oxygen atoms in total. The van der Waals surface area contributed by atoms with Crippen molar-refractivity contribution >= 4 is 17.2 Å². The molecule has 208 valence electrons. The lowest BCUT2D eigenvalue weighted by molar-refractivity contribution is 0.0717. The number of hydrogen-bond donors (Lipinski definition) is 2. The summed E-state index contributed by atoms with van der Waals surface area (Å²) in [4.78, 5) is 2.28. The van der Waals surface area contributed by atoms with E-state index in [1.54, 1.807) is 0 Å². The first kappa shape index (κ1) is 24.9. The van der Waals surface area contributed by atoms with Crippen LogP contribution in [0.2, 0.25) is 0 Å². The minimum Gasteiger partial charge on any atom is -0.487 e. The van der Waals surface area contributed by atoms with Crippen molar-refractivity contribution in [2.24, 2.45) is 10.8 Å². The highest BCUT2D eigenvalue weighted by molar-refractivity contribution is 5.81. The third kappa shape index (κ3) is 4.48. The van der Waals surface area contributed by atoms with E-state index < -0.39 is 0 Å². The first-order chi connectivity index (χ1) is 18.8. The van der Waals surface area contributed by atoms with E-state index in [-0.39, 0.29) is 17.4 Å². The summed E-state index contributed by atoms with van der Waals surface area (Å²) >= 11 is 0. The zero-order chi connectivity index (χ0) is 26.8. The second-order valence-electron chi connectivity index (χ2n) is 13.2. The van der Waals surface area contributed by atoms with Crippen molar-refractivity contribution in [1.29, 1.82) is 0 Å². The normalized spacial score (nSPS) is 27.7. The number of hydrogen-bond acceptors (Lipinski definition) is 8. The molecule has 0 radical (unpaired) electrons. The van der Waals surface area contributed by atoms with Gasteiger partial charge in [0.05, 0.1) is 6.61 Å². The molecule has 2 atom stereocenters. The Kier molecular flexibility index (Phi) is 5.91. The molecule has 2 saturated carbocycles. The average molecular weight is 532 g/mol. The predicted molar refractivity (Wildman–Crippen MR) is 152 cm³/mol. The molecule has 1 saturated heterocycles. The van der Waals surface area contributed by atoms with Crippen molar-refractivity contribution in [3.8, 4) is 5.75 Å². The lowest BCUT2D eigenvalue weighted by Crippen LogP contribution is -2.50. The third-order valence-corrected chi connectivity index (χ3v) is 9.36. The van der Waals surface area contributed by atoms with Crippen LogP contribution in [-0.2, 0) is 4.74 Å². The molecule has 2 aromatic heterocycles. The van der Waals surface area contributed by atoms with Crippen LogP contribution < -0.4 is 20.3 Å². The summed E-state index contributed by atoms with van der Waals surface area (Å²) in [6.07, 6.45) is 14.3. The second kappa shape index (κ2) is 9.25. The lowest BCUT2D eigenvalue weighted by Gasteiger charge is -2.50. The maximum absolute atomic E-state index is 6.52. The van der Waals surface area contributed by atoms with Crippen molar-refractivity contribution in [1.82, 2.24) is 25.1 Å². The minimum absolute atomic E-state index is 0.00478. The predicted octanol–water partition coefficient (Wildman–Crippen LogP) is 4.59. The number of piperidine rings is 1. The van der Waals surface area contributed by atoms with Crippen LogP contribution in [-0.4, -0.2) is 65.2 Å². The van der Waals surface area contributed by atoms with Gasteiger partial charge in [-0.15, -0.1) is 15.3 Å². The fraction of sp³-hybridized carbons (Fsp3) is 0.633. The number of nitrogens with one attached hydrogen (secondary N) is 2. The summed E-state index contributed by atoms with van der Waals surface area (Å²) < 4.78 is 14.7. The number of rotatable bonds is 5. The quantitative estimate of drug-likeness (QED) is 0.542. The van der Waals surface area contributed by atoms with Crippen LogP contribution in [0, 0.1) is 10.8 Å². The van der Waals surface area contributed by atoms with E-state index >= 15 is 0 Å². The van der Waals surface area contributed by atoms with E-state index in [4.69, 9.17) is 14.6 Å². The van der Waals surface area contributed by atoms with Gasteiger partial charge in [-0.2, -0.15) is 4.52 Å². The Labute approximate surface area is 230 Å². The Hall–Kier alpha value is -3.07. The Morgan fingerprint density at radius 2 is 2.03 bits per heavy atom. The maximum Gasteiger partial charge on any atom is 0.222 e. The van der Waals surface area contributed by atoms with Gasteiger partial charge in [0.2, 0.25) is 5.65 Å². The van der Waals surface area contributed by atoms with Gasteiger partial charge in [0, 0.05) is 31.0 Å². The molecule has 2 aromatic rings. The van der Waals surface area contributed by atoms with Crippen LogP contribution in [0.4, 0.5) is 11.5 Å². The number of ether oxygens (including phenoxy) is 2. The van der Waals surface area contributed by atoms with Gasteiger partial charge in [0.1, 0.15) is 17.6 Å². The van der Waals surface area contributed by atoms with Crippen molar-refractivity contribution in [3.63, 3.8) is 0 Å². The smallest absolute Gasteiger partial charge is 0.222 e. The van der Waals surface area contributed by atoms with Gasteiger partial charge in [-0.3, -0.25) is 0 Å². The van der Waals surface area contributed by atoms with Crippen molar-refractivity contribution in [3.05, 3.63) is 42.0 Å². The van der Waals surface area contributed by atoms with Gasteiger partial charge in [0.25, 0.3) is 0 Å². The Morgan fingerprint density at radius 1 is 1.21 bits per heavy atom. The molecule has 2 N–H and O–H groups in total. The summed E-state index contributed by atoms with van der Waals surface area (Å²) in [7, 11) is 2.14. The molecule has 3 fully saturated rings. The van der Waals surface area contributed by atoms with E-state index in [0.717, 1.165) is 67.7 Å². The number of nitrogens with zero attached hydrogens (tertiary/aromatic N) is 5. The molecule has 0 aromatic carbocycles.